The molecule has 0 fully saturated rings. The van der Waals surface area contributed by atoms with Crippen LogP contribution in [0.5, 0.6) is 0 Å². The van der Waals surface area contributed by atoms with Gasteiger partial charge in [-0.05, 0) is 26.7 Å². The summed E-state index contributed by atoms with van der Waals surface area (Å²) in [6.07, 6.45) is 3.93. The van der Waals surface area contributed by atoms with Gasteiger partial charge < -0.3 is 18.9 Å². The van der Waals surface area contributed by atoms with Gasteiger partial charge in [0.1, 0.15) is 12.7 Å². The number of rotatable bonds is 14. The summed E-state index contributed by atoms with van der Waals surface area (Å²) in [5.74, 6) is -0.359. The van der Waals surface area contributed by atoms with Gasteiger partial charge >= 0.3 is 5.97 Å². The first-order valence-corrected chi connectivity index (χ1v) is 8.06. The van der Waals surface area contributed by atoms with Crippen molar-refractivity contribution in [1.82, 2.24) is 0 Å². The van der Waals surface area contributed by atoms with Crippen LogP contribution in [-0.2, 0) is 23.7 Å². The molecule has 0 aromatic heterocycles. The van der Waals surface area contributed by atoms with Crippen LogP contribution in [0.15, 0.2) is 0 Å². The first-order chi connectivity index (χ1) is 10.1. The Kier molecular flexibility index (Phi) is 13.9. The molecule has 0 spiro atoms. The quantitative estimate of drug-likeness (QED) is 0.365. The van der Waals surface area contributed by atoms with Crippen LogP contribution >= 0.6 is 0 Å². The van der Waals surface area contributed by atoms with Crippen LogP contribution in [0.2, 0.25) is 0 Å². The van der Waals surface area contributed by atoms with Crippen molar-refractivity contribution in [3.63, 3.8) is 0 Å². The van der Waals surface area contributed by atoms with Crippen molar-refractivity contribution in [3.05, 3.63) is 0 Å². The van der Waals surface area contributed by atoms with Crippen LogP contribution in [0.4, 0.5) is 0 Å². The fourth-order valence-corrected chi connectivity index (χ4v) is 1.54. The van der Waals surface area contributed by atoms with E-state index in [1.165, 1.54) is 0 Å². The molecule has 126 valence electrons. The average Bonchev–Trinajstić information content (AvgIpc) is 2.46. The van der Waals surface area contributed by atoms with Gasteiger partial charge in [-0.2, -0.15) is 0 Å². The molecule has 0 saturated heterocycles. The molecule has 0 aliphatic heterocycles. The highest BCUT2D eigenvalue weighted by atomic mass is 16.6. The molecule has 5 heteroatoms. The third-order valence-electron chi connectivity index (χ3n) is 2.81. The van der Waals surface area contributed by atoms with E-state index in [1.807, 2.05) is 13.8 Å². The predicted molar refractivity (Wildman–Crippen MR) is 82.4 cm³/mol. The Bertz CT molecular complexity index is 245. The number of hydrogen-bond donors (Lipinski definition) is 0. The van der Waals surface area contributed by atoms with E-state index in [4.69, 9.17) is 18.9 Å². The molecule has 5 nitrogen and oxygen atoms in total. The largest absolute Gasteiger partial charge is 0.459 e. The summed E-state index contributed by atoms with van der Waals surface area (Å²) in [5.41, 5.74) is 0. The Morgan fingerprint density at radius 3 is 1.95 bits per heavy atom. The summed E-state index contributed by atoms with van der Waals surface area (Å²) in [4.78, 5) is 11.6. The van der Waals surface area contributed by atoms with Gasteiger partial charge in [0.25, 0.3) is 0 Å². The minimum absolute atomic E-state index is 0.0440. The molecule has 0 bridgehead atoms. The molecule has 21 heavy (non-hydrogen) atoms. The minimum atomic E-state index is -0.359. The maximum atomic E-state index is 11.6. The second-order valence-electron chi connectivity index (χ2n) is 5.28. The Labute approximate surface area is 129 Å². The molecule has 0 radical (unpaired) electrons. The van der Waals surface area contributed by atoms with Crippen molar-refractivity contribution < 1.29 is 23.7 Å². The van der Waals surface area contributed by atoms with E-state index < -0.39 is 0 Å². The molecule has 0 aromatic carbocycles. The van der Waals surface area contributed by atoms with E-state index in [0.717, 1.165) is 32.3 Å². The summed E-state index contributed by atoms with van der Waals surface area (Å²) in [5, 5.41) is 0. The molecule has 0 aromatic rings. The molecular weight excluding hydrogens is 272 g/mol. The molecule has 2 atom stereocenters. The standard InChI is InChI=1S/C16H32O5/c1-5-7-9-18-11-14(3)20-13-16(17)21-15(4)12-19-10-8-6-2/h14-15H,5-13H2,1-4H3. The van der Waals surface area contributed by atoms with Gasteiger partial charge in [-0.15, -0.1) is 0 Å². The first-order valence-electron chi connectivity index (χ1n) is 8.06. The third-order valence-corrected chi connectivity index (χ3v) is 2.81. The third kappa shape index (κ3) is 14.1. The predicted octanol–water partition coefficient (Wildman–Crippen LogP) is 2.96. The fraction of sp³-hybridized carbons (Fsp3) is 0.938. The van der Waals surface area contributed by atoms with Crippen molar-refractivity contribution in [2.45, 2.75) is 65.6 Å². The zero-order chi connectivity index (χ0) is 15.9. The number of unbranched alkanes of at least 4 members (excludes halogenated alkanes) is 2. The van der Waals surface area contributed by atoms with Gasteiger partial charge in [0, 0.05) is 13.2 Å². The molecule has 0 aliphatic carbocycles. The van der Waals surface area contributed by atoms with E-state index in [1.54, 1.807) is 0 Å². The van der Waals surface area contributed by atoms with Crippen molar-refractivity contribution >= 4 is 5.97 Å². The van der Waals surface area contributed by atoms with E-state index >= 15 is 0 Å². The topological polar surface area (TPSA) is 54.0 Å². The van der Waals surface area contributed by atoms with Crippen LogP contribution in [0.1, 0.15) is 53.4 Å². The molecule has 0 saturated carbocycles. The highest BCUT2D eigenvalue weighted by Crippen LogP contribution is 1.99. The van der Waals surface area contributed by atoms with Crippen molar-refractivity contribution in [2.24, 2.45) is 0 Å². The summed E-state index contributed by atoms with van der Waals surface area (Å²) in [6.45, 7) is 10.3. The number of carbonyl (C=O) groups excluding carboxylic acids is 1. The number of hydrogen-bond acceptors (Lipinski definition) is 5. The Morgan fingerprint density at radius 1 is 0.905 bits per heavy atom. The Morgan fingerprint density at radius 2 is 1.43 bits per heavy atom. The molecule has 0 heterocycles. The van der Waals surface area contributed by atoms with E-state index in [9.17, 15) is 4.79 Å². The van der Waals surface area contributed by atoms with Crippen molar-refractivity contribution in [3.8, 4) is 0 Å². The molecule has 0 aliphatic rings. The summed E-state index contributed by atoms with van der Waals surface area (Å²) in [7, 11) is 0. The van der Waals surface area contributed by atoms with E-state index in [0.29, 0.717) is 19.8 Å². The maximum absolute atomic E-state index is 11.6. The zero-order valence-electron chi connectivity index (χ0n) is 14.1. The highest BCUT2D eigenvalue weighted by Gasteiger charge is 2.12. The van der Waals surface area contributed by atoms with Gasteiger partial charge in [-0.1, -0.05) is 26.7 Å². The number of esters is 1. The van der Waals surface area contributed by atoms with Crippen molar-refractivity contribution in [1.29, 1.82) is 0 Å². The molecule has 0 amide bonds. The van der Waals surface area contributed by atoms with Gasteiger partial charge in [0.2, 0.25) is 0 Å². The number of carbonyl (C=O) groups is 1. The second kappa shape index (κ2) is 14.3. The van der Waals surface area contributed by atoms with Crippen LogP contribution < -0.4 is 0 Å². The smallest absolute Gasteiger partial charge is 0.332 e. The summed E-state index contributed by atoms with van der Waals surface area (Å²) >= 11 is 0. The first kappa shape index (κ1) is 20.3. The summed E-state index contributed by atoms with van der Waals surface area (Å²) in [6, 6.07) is 0. The van der Waals surface area contributed by atoms with Crippen molar-refractivity contribution in [2.75, 3.05) is 33.0 Å². The number of ether oxygens (including phenoxy) is 4. The molecule has 0 rings (SSSR count). The minimum Gasteiger partial charge on any atom is -0.459 e. The second-order valence-corrected chi connectivity index (χ2v) is 5.28. The molecule has 2 unspecified atom stereocenters. The SMILES string of the molecule is CCCCOCC(C)OCC(=O)OC(C)COCCCC. The van der Waals surface area contributed by atoms with Crippen LogP contribution in [-0.4, -0.2) is 51.2 Å². The summed E-state index contributed by atoms with van der Waals surface area (Å²) < 4.78 is 21.4. The lowest BCUT2D eigenvalue weighted by atomic mass is 10.3. The normalized spacial score (nSPS) is 13.9. The van der Waals surface area contributed by atoms with Crippen LogP contribution in [0.3, 0.4) is 0 Å². The average molecular weight is 304 g/mol. The van der Waals surface area contributed by atoms with Crippen LogP contribution in [0.25, 0.3) is 0 Å². The lowest BCUT2D eigenvalue weighted by molar-refractivity contribution is -0.159. The van der Waals surface area contributed by atoms with Gasteiger partial charge in [-0.25, -0.2) is 4.79 Å². The monoisotopic (exact) mass is 304 g/mol. The lowest BCUT2D eigenvalue weighted by Crippen LogP contribution is -2.26. The highest BCUT2D eigenvalue weighted by molar-refractivity contribution is 5.70. The molecular formula is C16H32O5. The van der Waals surface area contributed by atoms with Gasteiger partial charge in [0.05, 0.1) is 19.3 Å². The van der Waals surface area contributed by atoms with E-state index in [-0.39, 0.29) is 24.8 Å². The zero-order valence-corrected chi connectivity index (χ0v) is 14.1. The fourth-order valence-electron chi connectivity index (χ4n) is 1.54. The van der Waals surface area contributed by atoms with E-state index in [2.05, 4.69) is 13.8 Å². The Balaban J connectivity index is 3.55. The van der Waals surface area contributed by atoms with Crippen LogP contribution in [0, 0.1) is 0 Å². The maximum Gasteiger partial charge on any atom is 0.332 e. The van der Waals surface area contributed by atoms with Gasteiger partial charge in [0.15, 0.2) is 0 Å². The van der Waals surface area contributed by atoms with Gasteiger partial charge in [-0.3, -0.25) is 0 Å². The molecule has 0 N–H and O–H groups in total. The lowest BCUT2D eigenvalue weighted by Gasteiger charge is -2.16. The Hall–Kier alpha value is -0.650.